The molecule has 0 radical (unpaired) electrons. The highest BCUT2D eigenvalue weighted by molar-refractivity contribution is 5.96. The minimum absolute atomic E-state index is 0.103. The number of hydrogen-bond acceptors (Lipinski definition) is 4. The summed E-state index contributed by atoms with van der Waals surface area (Å²) in [4.78, 5) is 27.3. The van der Waals surface area contributed by atoms with E-state index in [2.05, 4.69) is 25.8 Å². The number of aromatic amines is 1. The maximum atomic E-state index is 13.4. The van der Waals surface area contributed by atoms with Crippen molar-refractivity contribution in [1.29, 1.82) is 0 Å². The number of rotatable bonds is 5. The third-order valence-corrected chi connectivity index (χ3v) is 2.75. The molecule has 2 rings (SSSR count). The van der Waals surface area contributed by atoms with E-state index in [0.29, 0.717) is 5.82 Å². The van der Waals surface area contributed by atoms with Gasteiger partial charge in [0.15, 0.2) is 0 Å². The fourth-order valence-corrected chi connectivity index (χ4v) is 1.69. The first-order chi connectivity index (χ1) is 10.1. The number of carbonyl (C=O) groups excluding carboxylic acids is 2. The monoisotopic (exact) mass is 291 g/mol. The van der Waals surface area contributed by atoms with E-state index in [1.54, 1.807) is 13.0 Å². The molecular weight excluding hydrogens is 277 g/mol. The van der Waals surface area contributed by atoms with Gasteiger partial charge in [0, 0.05) is 0 Å². The van der Waals surface area contributed by atoms with Gasteiger partial charge in [0.2, 0.25) is 5.91 Å². The molecule has 0 bridgehead atoms. The van der Waals surface area contributed by atoms with Crippen molar-refractivity contribution < 1.29 is 14.0 Å². The second-order valence-corrected chi connectivity index (χ2v) is 4.32. The summed E-state index contributed by atoms with van der Waals surface area (Å²) in [5, 5.41) is 11.3. The number of nitrogens with one attached hydrogen (secondary N) is 3. The van der Waals surface area contributed by atoms with E-state index in [4.69, 9.17) is 0 Å². The molecule has 8 heteroatoms. The van der Waals surface area contributed by atoms with Gasteiger partial charge in [-0.3, -0.25) is 14.7 Å². The van der Waals surface area contributed by atoms with Gasteiger partial charge >= 0.3 is 0 Å². The van der Waals surface area contributed by atoms with E-state index in [1.165, 1.54) is 24.5 Å². The van der Waals surface area contributed by atoms with Crippen molar-refractivity contribution in [2.24, 2.45) is 0 Å². The largest absolute Gasteiger partial charge is 0.345 e. The highest BCUT2D eigenvalue weighted by Crippen LogP contribution is 2.06. The summed E-state index contributed by atoms with van der Waals surface area (Å²) in [6, 6.07) is 5.19. The van der Waals surface area contributed by atoms with Crippen molar-refractivity contribution >= 4 is 11.8 Å². The van der Waals surface area contributed by atoms with E-state index in [1.807, 2.05) is 0 Å². The Morgan fingerprint density at radius 2 is 2.14 bits per heavy atom. The lowest BCUT2D eigenvalue weighted by atomic mass is 10.2. The number of carbonyl (C=O) groups is 2. The van der Waals surface area contributed by atoms with Gasteiger partial charge in [-0.05, 0) is 19.1 Å². The Bertz CT molecular complexity index is 629. The van der Waals surface area contributed by atoms with Crippen LogP contribution in [-0.2, 0) is 4.79 Å². The zero-order valence-electron chi connectivity index (χ0n) is 11.3. The Labute approximate surface area is 120 Å². The van der Waals surface area contributed by atoms with Crippen LogP contribution in [0.3, 0.4) is 0 Å². The molecule has 1 atom stereocenters. The van der Waals surface area contributed by atoms with Gasteiger partial charge in [0.1, 0.15) is 18.0 Å². The van der Waals surface area contributed by atoms with Gasteiger partial charge in [0.25, 0.3) is 5.91 Å². The summed E-state index contributed by atoms with van der Waals surface area (Å²) in [7, 11) is 0. The van der Waals surface area contributed by atoms with Crippen molar-refractivity contribution in [2.45, 2.75) is 13.0 Å². The second kappa shape index (κ2) is 6.60. The molecule has 0 aliphatic heterocycles. The van der Waals surface area contributed by atoms with E-state index < -0.39 is 17.6 Å². The third kappa shape index (κ3) is 3.85. The quantitative estimate of drug-likeness (QED) is 0.749. The Kier molecular flexibility index (Phi) is 4.60. The molecule has 1 heterocycles. The van der Waals surface area contributed by atoms with Crippen LogP contribution in [0.1, 0.15) is 29.1 Å². The molecule has 0 fully saturated rings. The molecule has 0 aliphatic rings. The number of amides is 2. The molecule has 3 N–H and O–H groups in total. The summed E-state index contributed by atoms with van der Waals surface area (Å²) in [5.74, 6) is -1.19. The van der Waals surface area contributed by atoms with Gasteiger partial charge in [-0.2, -0.15) is 5.10 Å². The number of benzene rings is 1. The molecular formula is C13H14FN5O2. The van der Waals surface area contributed by atoms with E-state index in [9.17, 15) is 14.0 Å². The summed E-state index contributed by atoms with van der Waals surface area (Å²) < 4.78 is 13.4. The molecule has 2 aromatic rings. The molecule has 110 valence electrons. The molecule has 21 heavy (non-hydrogen) atoms. The molecule has 1 aromatic carbocycles. The van der Waals surface area contributed by atoms with Crippen molar-refractivity contribution in [3.8, 4) is 0 Å². The fraction of sp³-hybridized carbons (Fsp3) is 0.231. The third-order valence-electron chi connectivity index (χ3n) is 2.75. The minimum Gasteiger partial charge on any atom is -0.345 e. The van der Waals surface area contributed by atoms with Crippen LogP contribution in [0.5, 0.6) is 0 Å². The Morgan fingerprint density at radius 3 is 2.81 bits per heavy atom. The smallest absolute Gasteiger partial charge is 0.254 e. The van der Waals surface area contributed by atoms with Crippen LogP contribution in [0.4, 0.5) is 4.39 Å². The van der Waals surface area contributed by atoms with Crippen LogP contribution in [-0.4, -0.2) is 33.5 Å². The maximum absolute atomic E-state index is 13.4. The van der Waals surface area contributed by atoms with Crippen LogP contribution < -0.4 is 10.6 Å². The number of hydrogen-bond donors (Lipinski definition) is 3. The summed E-state index contributed by atoms with van der Waals surface area (Å²) >= 11 is 0. The predicted octanol–water partition coefficient (Wildman–Crippen LogP) is 0.551. The van der Waals surface area contributed by atoms with Crippen LogP contribution in [0.2, 0.25) is 0 Å². The topological polar surface area (TPSA) is 99.8 Å². The van der Waals surface area contributed by atoms with E-state index in [-0.39, 0.29) is 18.2 Å². The van der Waals surface area contributed by atoms with Crippen molar-refractivity contribution in [2.75, 3.05) is 6.54 Å². The van der Waals surface area contributed by atoms with Gasteiger partial charge in [-0.25, -0.2) is 9.37 Å². The second-order valence-electron chi connectivity index (χ2n) is 4.32. The first-order valence-electron chi connectivity index (χ1n) is 6.25. The van der Waals surface area contributed by atoms with Gasteiger partial charge in [-0.1, -0.05) is 12.1 Å². The average molecular weight is 291 g/mol. The average Bonchev–Trinajstić information content (AvgIpc) is 2.99. The van der Waals surface area contributed by atoms with Crippen LogP contribution >= 0.6 is 0 Å². The molecule has 0 saturated carbocycles. The van der Waals surface area contributed by atoms with Crippen molar-refractivity contribution in [1.82, 2.24) is 25.8 Å². The van der Waals surface area contributed by atoms with Crippen molar-refractivity contribution in [3.05, 3.63) is 47.8 Å². The lowest BCUT2D eigenvalue weighted by Gasteiger charge is -2.11. The Balaban J connectivity index is 1.84. The number of H-pyrrole nitrogens is 1. The predicted molar refractivity (Wildman–Crippen MR) is 71.7 cm³/mol. The Hall–Kier alpha value is -2.77. The fourth-order valence-electron chi connectivity index (χ4n) is 1.69. The molecule has 1 unspecified atom stereocenters. The summed E-state index contributed by atoms with van der Waals surface area (Å²) in [5.41, 5.74) is -0.103. The first-order valence-corrected chi connectivity index (χ1v) is 6.25. The lowest BCUT2D eigenvalue weighted by molar-refractivity contribution is -0.120. The molecule has 1 aromatic heterocycles. The van der Waals surface area contributed by atoms with Crippen LogP contribution in [0.25, 0.3) is 0 Å². The SMILES string of the molecule is CC(NC(=O)CNC(=O)c1ccccc1F)c1ncn[nH]1. The number of nitrogens with zero attached hydrogens (tertiary/aromatic N) is 2. The summed E-state index contributed by atoms with van der Waals surface area (Å²) in [6.45, 7) is 1.46. The normalized spacial score (nSPS) is 11.7. The standard InChI is InChI=1S/C13H14FN5O2/c1-8(12-16-7-17-19-12)18-11(20)6-15-13(21)9-4-2-3-5-10(9)14/h2-5,7-8H,6H2,1H3,(H,15,21)(H,18,20)(H,16,17,19). The van der Waals surface area contributed by atoms with E-state index >= 15 is 0 Å². The maximum Gasteiger partial charge on any atom is 0.254 e. The summed E-state index contributed by atoms with van der Waals surface area (Å²) in [6.07, 6.45) is 1.33. The van der Waals surface area contributed by atoms with Crippen LogP contribution in [0.15, 0.2) is 30.6 Å². The van der Waals surface area contributed by atoms with Gasteiger partial charge in [-0.15, -0.1) is 0 Å². The number of halogens is 1. The minimum atomic E-state index is -0.643. The molecule has 0 spiro atoms. The first kappa shape index (κ1) is 14.6. The molecule has 0 saturated heterocycles. The Morgan fingerprint density at radius 1 is 1.38 bits per heavy atom. The zero-order chi connectivity index (χ0) is 15.2. The van der Waals surface area contributed by atoms with Gasteiger partial charge < -0.3 is 10.6 Å². The highest BCUT2D eigenvalue weighted by Gasteiger charge is 2.14. The molecule has 2 amide bonds. The lowest BCUT2D eigenvalue weighted by Crippen LogP contribution is -2.38. The molecule has 7 nitrogen and oxygen atoms in total. The highest BCUT2D eigenvalue weighted by atomic mass is 19.1. The van der Waals surface area contributed by atoms with Gasteiger partial charge in [0.05, 0.1) is 18.2 Å². The number of aromatic nitrogens is 3. The molecule has 0 aliphatic carbocycles. The van der Waals surface area contributed by atoms with Crippen LogP contribution in [0, 0.1) is 5.82 Å². The zero-order valence-corrected chi connectivity index (χ0v) is 11.3. The van der Waals surface area contributed by atoms with Crippen molar-refractivity contribution in [3.63, 3.8) is 0 Å². The van der Waals surface area contributed by atoms with E-state index in [0.717, 1.165) is 0 Å².